The van der Waals surface area contributed by atoms with E-state index in [1.807, 2.05) is 0 Å². The zero-order valence-corrected chi connectivity index (χ0v) is 10.9. The molecule has 0 atom stereocenters. The molecule has 0 saturated heterocycles. The number of hydrogen-bond donors (Lipinski definition) is 3. The number of carbonyl (C=O) groups excluding carboxylic acids is 1. The molecule has 0 aliphatic carbocycles. The van der Waals surface area contributed by atoms with Crippen LogP contribution in [0.3, 0.4) is 0 Å². The number of nitrogen functional groups attached to an aromatic ring is 1. The van der Waals surface area contributed by atoms with Gasteiger partial charge in [-0.15, -0.1) is 0 Å². The quantitative estimate of drug-likeness (QED) is 0.339. The van der Waals surface area contributed by atoms with Crippen molar-refractivity contribution in [1.82, 2.24) is 0 Å². The molecule has 0 radical (unpaired) electrons. The largest absolute Gasteiger partial charge is 0.399 e. The van der Waals surface area contributed by atoms with Crippen molar-refractivity contribution in [2.75, 3.05) is 10.7 Å². The van der Waals surface area contributed by atoms with E-state index in [1.165, 1.54) is 5.01 Å². The van der Waals surface area contributed by atoms with Crippen molar-refractivity contribution < 1.29 is 4.79 Å². The standard InChI is InChI=1S/C15H16N4O/c16-13-5-7-14(8-6-13)19(18)9-15(17)12-3-1-11(10-20)2-4-12/h1-10H,16-18H2/b15-9-. The fraction of sp³-hybridized carbons (Fsp3) is 0. The van der Waals surface area contributed by atoms with Crippen molar-refractivity contribution in [3.63, 3.8) is 0 Å². The number of rotatable bonds is 4. The van der Waals surface area contributed by atoms with Crippen LogP contribution in [0.2, 0.25) is 0 Å². The van der Waals surface area contributed by atoms with Gasteiger partial charge in [-0.1, -0.05) is 24.3 Å². The van der Waals surface area contributed by atoms with Crippen LogP contribution in [-0.4, -0.2) is 6.29 Å². The predicted octanol–water partition coefficient (Wildman–Crippen LogP) is 1.72. The summed E-state index contributed by atoms with van der Waals surface area (Å²) < 4.78 is 0. The Bertz CT molecular complexity index is 617. The van der Waals surface area contributed by atoms with Gasteiger partial charge in [-0.05, 0) is 29.8 Å². The van der Waals surface area contributed by atoms with Gasteiger partial charge in [0.25, 0.3) is 0 Å². The molecule has 5 heteroatoms. The third-order valence-electron chi connectivity index (χ3n) is 2.85. The van der Waals surface area contributed by atoms with Gasteiger partial charge in [0, 0.05) is 17.5 Å². The molecule has 0 unspecified atom stereocenters. The number of anilines is 2. The van der Waals surface area contributed by atoms with Gasteiger partial charge in [0.1, 0.15) is 6.29 Å². The molecular weight excluding hydrogens is 252 g/mol. The van der Waals surface area contributed by atoms with Crippen LogP contribution in [-0.2, 0) is 0 Å². The van der Waals surface area contributed by atoms with Crippen LogP contribution in [0.1, 0.15) is 15.9 Å². The van der Waals surface area contributed by atoms with E-state index in [1.54, 1.807) is 54.7 Å². The second-order valence-electron chi connectivity index (χ2n) is 4.32. The van der Waals surface area contributed by atoms with Crippen LogP contribution in [0.5, 0.6) is 0 Å². The smallest absolute Gasteiger partial charge is 0.150 e. The van der Waals surface area contributed by atoms with Crippen LogP contribution in [0, 0.1) is 0 Å². The molecule has 2 rings (SSSR count). The number of benzene rings is 2. The van der Waals surface area contributed by atoms with E-state index in [0.29, 0.717) is 16.9 Å². The summed E-state index contributed by atoms with van der Waals surface area (Å²) in [6.07, 6.45) is 2.40. The summed E-state index contributed by atoms with van der Waals surface area (Å²) in [5, 5.41) is 1.42. The average Bonchev–Trinajstić information content (AvgIpc) is 2.48. The highest BCUT2D eigenvalue weighted by Gasteiger charge is 2.02. The van der Waals surface area contributed by atoms with Crippen molar-refractivity contribution in [2.45, 2.75) is 0 Å². The molecular formula is C15H16N4O. The lowest BCUT2D eigenvalue weighted by Crippen LogP contribution is -2.25. The number of hydrazine groups is 1. The Hall–Kier alpha value is -2.79. The molecule has 0 amide bonds. The molecule has 5 nitrogen and oxygen atoms in total. The third kappa shape index (κ3) is 3.15. The zero-order chi connectivity index (χ0) is 14.5. The van der Waals surface area contributed by atoms with E-state index in [0.717, 1.165) is 17.5 Å². The summed E-state index contributed by atoms with van der Waals surface area (Å²) in [6, 6.07) is 14.1. The Labute approximate surface area is 117 Å². The minimum Gasteiger partial charge on any atom is -0.399 e. The Morgan fingerprint density at radius 2 is 1.60 bits per heavy atom. The highest BCUT2D eigenvalue weighted by atomic mass is 16.1. The monoisotopic (exact) mass is 268 g/mol. The van der Waals surface area contributed by atoms with Crippen molar-refractivity contribution in [1.29, 1.82) is 0 Å². The van der Waals surface area contributed by atoms with Gasteiger partial charge in [0.05, 0.1) is 11.4 Å². The van der Waals surface area contributed by atoms with E-state index in [2.05, 4.69) is 0 Å². The maximum absolute atomic E-state index is 10.6. The third-order valence-corrected chi connectivity index (χ3v) is 2.85. The van der Waals surface area contributed by atoms with Crippen LogP contribution >= 0.6 is 0 Å². The molecule has 6 N–H and O–H groups in total. The van der Waals surface area contributed by atoms with E-state index in [-0.39, 0.29) is 0 Å². The summed E-state index contributed by atoms with van der Waals surface area (Å²) in [7, 11) is 0. The molecule has 2 aromatic rings. The van der Waals surface area contributed by atoms with E-state index in [9.17, 15) is 4.79 Å². The maximum Gasteiger partial charge on any atom is 0.150 e. The molecule has 0 aliphatic heterocycles. The predicted molar refractivity (Wildman–Crippen MR) is 81.5 cm³/mol. The molecule has 0 fully saturated rings. The molecule has 0 bridgehead atoms. The van der Waals surface area contributed by atoms with Gasteiger partial charge < -0.3 is 11.5 Å². The second-order valence-corrected chi connectivity index (χ2v) is 4.32. The Balaban J connectivity index is 2.19. The minimum absolute atomic E-state index is 0.502. The lowest BCUT2D eigenvalue weighted by Gasteiger charge is -2.15. The number of nitrogens with zero attached hydrogens (tertiary/aromatic N) is 1. The fourth-order valence-corrected chi connectivity index (χ4v) is 1.70. The molecule has 0 aromatic heterocycles. The van der Waals surface area contributed by atoms with Crippen molar-refractivity contribution in [3.8, 4) is 0 Å². The molecule has 0 saturated carbocycles. The average molecular weight is 268 g/mol. The Morgan fingerprint density at radius 3 is 2.15 bits per heavy atom. The van der Waals surface area contributed by atoms with Crippen LogP contribution in [0.4, 0.5) is 11.4 Å². The lowest BCUT2D eigenvalue weighted by molar-refractivity contribution is 0.112. The highest BCUT2D eigenvalue weighted by Crippen LogP contribution is 2.16. The summed E-state index contributed by atoms with van der Waals surface area (Å²) >= 11 is 0. The van der Waals surface area contributed by atoms with Gasteiger partial charge in [-0.3, -0.25) is 9.80 Å². The Kier molecular flexibility index (Phi) is 4.02. The van der Waals surface area contributed by atoms with E-state index < -0.39 is 0 Å². The number of aldehydes is 1. The van der Waals surface area contributed by atoms with E-state index >= 15 is 0 Å². The first-order valence-electron chi connectivity index (χ1n) is 6.02. The fourth-order valence-electron chi connectivity index (χ4n) is 1.70. The Morgan fingerprint density at radius 1 is 1.00 bits per heavy atom. The van der Waals surface area contributed by atoms with E-state index in [4.69, 9.17) is 17.3 Å². The molecule has 2 aromatic carbocycles. The van der Waals surface area contributed by atoms with Crippen LogP contribution < -0.4 is 22.3 Å². The molecule has 0 spiro atoms. The molecule has 0 aliphatic rings. The minimum atomic E-state index is 0.502. The second kappa shape index (κ2) is 5.90. The van der Waals surface area contributed by atoms with Gasteiger partial charge >= 0.3 is 0 Å². The topological polar surface area (TPSA) is 98.4 Å². The summed E-state index contributed by atoms with van der Waals surface area (Å²) in [6.45, 7) is 0. The summed E-state index contributed by atoms with van der Waals surface area (Å²) in [4.78, 5) is 10.6. The van der Waals surface area contributed by atoms with Crippen LogP contribution in [0.25, 0.3) is 5.70 Å². The van der Waals surface area contributed by atoms with Gasteiger partial charge in [-0.25, -0.2) is 5.84 Å². The first-order valence-corrected chi connectivity index (χ1v) is 6.02. The lowest BCUT2D eigenvalue weighted by atomic mass is 10.1. The van der Waals surface area contributed by atoms with Crippen molar-refractivity contribution in [3.05, 3.63) is 65.9 Å². The first-order chi connectivity index (χ1) is 9.60. The number of hydrogen-bond acceptors (Lipinski definition) is 5. The molecule has 0 heterocycles. The zero-order valence-electron chi connectivity index (χ0n) is 10.9. The normalized spacial score (nSPS) is 11.2. The van der Waals surface area contributed by atoms with Crippen molar-refractivity contribution >= 4 is 23.4 Å². The summed E-state index contributed by atoms with van der Waals surface area (Å²) in [5.41, 5.74) is 14.9. The SMILES string of the molecule is N/C(=C\N(N)c1ccc(N)cc1)c1ccc(C=O)cc1. The summed E-state index contributed by atoms with van der Waals surface area (Å²) in [5.74, 6) is 5.92. The van der Waals surface area contributed by atoms with Crippen LogP contribution in [0.15, 0.2) is 54.7 Å². The van der Waals surface area contributed by atoms with Crippen molar-refractivity contribution in [2.24, 2.45) is 11.6 Å². The first kappa shape index (κ1) is 13.6. The van der Waals surface area contributed by atoms with Gasteiger partial charge in [0.2, 0.25) is 0 Å². The maximum atomic E-state index is 10.6. The van der Waals surface area contributed by atoms with Gasteiger partial charge in [-0.2, -0.15) is 0 Å². The molecule has 102 valence electrons. The number of nitrogens with two attached hydrogens (primary N) is 3. The molecule has 20 heavy (non-hydrogen) atoms. The highest BCUT2D eigenvalue weighted by molar-refractivity contribution is 5.76. The number of carbonyl (C=O) groups is 1. The van der Waals surface area contributed by atoms with Gasteiger partial charge in [0.15, 0.2) is 0 Å².